The van der Waals surface area contributed by atoms with Crippen LogP contribution in [0.5, 0.6) is 0 Å². The molecule has 0 atom stereocenters. The van der Waals surface area contributed by atoms with Gasteiger partial charge >= 0.3 is 0 Å². The fourth-order valence-electron chi connectivity index (χ4n) is 1.51. The van der Waals surface area contributed by atoms with Crippen LogP contribution in [0.3, 0.4) is 0 Å². The molecule has 0 saturated carbocycles. The van der Waals surface area contributed by atoms with Crippen molar-refractivity contribution < 1.29 is 0 Å². The van der Waals surface area contributed by atoms with Gasteiger partial charge in [-0.15, -0.1) is 0 Å². The average molecular weight is 260 g/mol. The standard InChI is InChI=1S/2C10H10/c1-3-9(2)10-7-5-4-6-8-10;1-2-3-7-10-8-5-4-6-9-10/h3-8H,1-2H2;2-9H,1H2. The van der Waals surface area contributed by atoms with Crippen LogP contribution in [0.1, 0.15) is 11.1 Å². The summed E-state index contributed by atoms with van der Waals surface area (Å²) in [7, 11) is 0. The summed E-state index contributed by atoms with van der Waals surface area (Å²) in [6.45, 7) is 11.1. The van der Waals surface area contributed by atoms with Crippen LogP contribution in [0, 0.1) is 0 Å². The number of hydrogen-bond donors (Lipinski definition) is 0. The molecular formula is C20H20. The summed E-state index contributed by atoms with van der Waals surface area (Å²) in [6.07, 6.45) is 7.48. The molecule has 0 spiro atoms. The maximum atomic E-state index is 3.83. The minimum Gasteiger partial charge on any atom is -0.0991 e. The van der Waals surface area contributed by atoms with Gasteiger partial charge in [-0.2, -0.15) is 0 Å². The van der Waals surface area contributed by atoms with E-state index in [2.05, 4.69) is 31.9 Å². The molecule has 0 heterocycles. The van der Waals surface area contributed by atoms with Crippen LogP contribution >= 0.6 is 0 Å². The minimum absolute atomic E-state index is 0.973. The zero-order chi connectivity index (χ0) is 14.6. The fraction of sp³-hybridized carbons (Fsp3) is 0. The van der Waals surface area contributed by atoms with Crippen LogP contribution in [0.25, 0.3) is 11.6 Å². The lowest BCUT2D eigenvalue weighted by Crippen LogP contribution is -1.74. The molecule has 0 aliphatic carbocycles. The van der Waals surface area contributed by atoms with Gasteiger partial charge in [0.05, 0.1) is 0 Å². The van der Waals surface area contributed by atoms with E-state index in [4.69, 9.17) is 0 Å². The van der Waals surface area contributed by atoms with Crippen molar-refractivity contribution in [3.8, 4) is 0 Å². The van der Waals surface area contributed by atoms with Crippen molar-refractivity contribution in [1.29, 1.82) is 0 Å². The lowest BCUT2D eigenvalue weighted by atomic mass is 10.1. The molecule has 2 aromatic carbocycles. The van der Waals surface area contributed by atoms with Gasteiger partial charge in [0.15, 0.2) is 0 Å². The molecule has 0 aliphatic rings. The molecule has 0 aromatic heterocycles. The summed E-state index contributed by atoms with van der Waals surface area (Å²) in [6, 6.07) is 20.2. The minimum atomic E-state index is 0.973. The number of benzene rings is 2. The lowest BCUT2D eigenvalue weighted by Gasteiger charge is -1.96. The van der Waals surface area contributed by atoms with Gasteiger partial charge < -0.3 is 0 Å². The summed E-state index contributed by atoms with van der Waals surface area (Å²) in [5.41, 5.74) is 3.32. The highest BCUT2D eigenvalue weighted by Gasteiger charge is 1.88. The molecule has 0 amide bonds. The summed E-state index contributed by atoms with van der Waals surface area (Å²) >= 11 is 0. The van der Waals surface area contributed by atoms with Crippen LogP contribution < -0.4 is 0 Å². The Bertz CT molecular complexity index is 560. The van der Waals surface area contributed by atoms with E-state index in [9.17, 15) is 0 Å². The van der Waals surface area contributed by atoms with Crippen LogP contribution in [0.2, 0.25) is 0 Å². The first-order valence-electron chi connectivity index (χ1n) is 6.49. The first kappa shape index (κ1) is 15.5. The lowest BCUT2D eigenvalue weighted by molar-refractivity contribution is 1.63. The van der Waals surface area contributed by atoms with Crippen LogP contribution in [-0.4, -0.2) is 0 Å². The summed E-state index contributed by atoms with van der Waals surface area (Å²) in [5, 5.41) is 0. The molecule has 20 heavy (non-hydrogen) atoms. The number of rotatable bonds is 4. The third-order valence-corrected chi connectivity index (χ3v) is 2.62. The molecule has 2 aromatic rings. The maximum absolute atomic E-state index is 3.83. The van der Waals surface area contributed by atoms with Crippen LogP contribution in [-0.2, 0) is 0 Å². The van der Waals surface area contributed by atoms with E-state index in [0.717, 1.165) is 11.1 Å². The highest BCUT2D eigenvalue weighted by molar-refractivity contribution is 5.71. The number of allylic oxidation sites excluding steroid dienone is 4. The Balaban J connectivity index is 0.000000200. The van der Waals surface area contributed by atoms with Gasteiger partial charge in [-0.05, 0) is 16.7 Å². The average Bonchev–Trinajstić information content (AvgIpc) is 2.54. The molecule has 2 rings (SSSR count). The van der Waals surface area contributed by atoms with E-state index in [1.165, 1.54) is 5.56 Å². The van der Waals surface area contributed by atoms with Crippen molar-refractivity contribution in [2.24, 2.45) is 0 Å². The van der Waals surface area contributed by atoms with Crippen molar-refractivity contribution in [3.05, 3.63) is 110 Å². The molecule has 0 fully saturated rings. The van der Waals surface area contributed by atoms with E-state index < -0.39 is 0 Å². The second kappa shape index (κ2) is 9.35. The summed E-state index contributed by atoms with van der Waals surface area (Å²) < 4.78 is 0. The normalized spacial score (nSPS) is 9.40. The van der Waals surface area contributed by atoms with Gasteiger partial charge in [-0.25, -0.2) is 0 Å². The molecule has 0 aliphatic heterocycles. The topological polar surface area (TPSA) is 0 Å². The Morgan fingerprint density at radius 3 is 1.85 bits per heavy atom. The van der Waals surface area contributed by atoms with E-state index in [-0.39, 0.29) is 0 Å². The fourth-order valence-corrected chi connectivity index (χ4v) is 1.51. The van der Waals surface area contributed by atoms with Crippen molar-refractivity contribution in [2.45, 2.75) is 0 Å². The highest BCUT2D eigenvalue weighted by atomic mass is 13.9. The smallest absolute Gasteiger partial charge is 0.0190 e. The van der Waals surface area contributed by atoms with Crippen LogP contribution in [0.15, 0.2) is 98.6 Å². The summed E-state index contributed by atoms with van der Waals surface area (Å²) in [4.78, 5) is 0. The molecule has 0 radical (unpaired) electrons. The van der Waals surface area contributed by atoms with Gasteiger partial charge in [0.1, 0.15) is 0 Å². The van der Waals surface area contributed by atoms with Gasteiger partial charge in [-0.3, -0.25) is 0 Å². The first-order valence-corrected chi connectivity index (χ1v) is 6.49. The molecule has 0 nitrogen and oxygen atoms in total. The van der Waals surface area contributed by atoms with Gasteiger partial charge in [0.25, 0.3) is 0 Å². The Kier molecular flexibility index (Phi) is 7.22. The predicted octanol–water partition coefficient (Wildman–Crippen LogP) is 5.77. The molecule has 0 saturated heterocycles. The maximum Gasteiger partial charge on any atom is -0.0190 e. The van der Waals surface area contributed by atoms with Crippen LogP contribution in [0.4, 0.5) is 0 Å². The molecular weight excluding hydrogens is 240 g/mol. The van der Waals surface area contributed by atoms with Crippen molar-refractivity contribution in [3.63, 3.8) is 0 Å². The Morgan fingerprint density at radius 2 is 1.35 bits per heavy atom. The Hall–Kier alpha value is -2.60. The molecule has 0 N–H and O–H groups in total. The summed E-state index contributed by atoms with van der Waals surface area (Å²) in [5.74, 6) is 0. The third kappa shape index (κ3) is 5.83. The highest BCUT2D eigenvalue weighted by Crippen LogP contribution is 2.10. The third-order valence-electron chi connectivity index (χ3n) is 2.62. The SMILES string of the molecule is C=CC(=C)c1ccccc1.C=CC=Cc1ccccc1. The molecule has 0 heteroatoms. The number of hydrogen-bond acceptors (Lipinski definition) is 0. The zero-order valence-electron chi connectivity index (χ0n) is 11.7. The predicted molar refractivity (Wildman–Crippen MR) is 91.3 cm³/mol. The van der Waals surface area contributed by atoms with Crippen molar-refractivity contribution >= 4 is 11.6 Å². The molecule has 0 unspecified atom stereocenters. The van der Waals surface area contributed by atoms with Crippen molar-refractivity contribution in [1.82, 2.24) is 0 Å². The van der Waals surface area contributed by atoms with E-state index in [0.29, 0.717) is 0 Å². The Labute approximate surface area is 122 Å². The van der Waals surface area contributed by atoms with Gasteiger partial charge in [0, 0.05) is 0 Å². The quantitative estimate of drug-likeness (QED) is 0.612. The zero-order valence-corrected chi connectivity index (χ0v) is 11.7. The van der Waals surface area contributed by atoms with E-state index in [1.54, 1.807) is 12.2 Å². The second-order valence-corrected chi connectivity index (χ2v) is 4.10. The van der Waals surface area contributed by atoms with E-state index >= 15 is 0 Å². The van der Waals surface area contributed by atoms with Gasteiger partial charge in [0.2, 0.25) is 0 Å². The first-order chi connectivity index (χ1) is 9.77. The van der Waals surface area contributed by atoms with Gasteiger partial charge in [-0.1, -0.05) is 105 Å². The monoisotopic (exact) mass is 260 g/mol. The van der Waals surface area contributed by atoms with Crippen molar-refractivity contribution in [2.75, 3.05) is 0 Å². The Morgan fingerprint density at radius 1 is 0.800 bits per heavy atom. The van der Waals surface area contributed by atoms with E-state index in [1.807, 2.05) is 60.7 Å². The second-order valence-electron chi connectivity index (χ2n) is 4.10. The largest absolute Gasteiger partial charge is 0.0991 e. The molecule has 0 bridgehead atoms. The molecule has 100 valence electrons.